The van der Waals surface area contributed by atoms with Gasteiger partial charge in [0.25, 0.3) is 0 Å². The zero-order valence-corrected chi connectivity index (χ0v) is 14.0. The van der Waals surface area contributed by atoms with Crippen molar-refractivity contribution in [1.29, 1.82) is 0 Å². The lowest BCUT2D eigenvalue weighted by molar-refractivity contribution is -0.754. The molecule has 1 heterocycles. The molecule has 0 amide bonds. The third kappa shape index (κ3) is 2.50. The minimum absolute atomic E-state index is 0.219. The highest BCUT2D eigenvalue weighted by molar-refractivity contribution is 5.58. The number of rotatable bonds is 4. The Morgan fingerprint density at radius 2 is 1.62 bits per heavy atom. The van der Waals surface area contributed by atoms with Crippen LogP contribution in [-0.2, 0) is 6.54 Å². The first-order chi connectivity index (χ1) is 11.7. The van der Waals surface area contributed by atoms with Gasteiger partial charge in [0.1, 0.15) is 18.1 Å². The SMILES string of the molecule is Fc1ccccc1-c1ccc(C[NH2+]C23CC4CC(CC(C4)C2)C3)o1. The van der Waals surface area contributed by atoms with Crippen LogP contribution in [0.1, 0.15) is 44.3 Å². The highest BCUT2D eigenvalue weighted by atomic mass is 19.1. The van der Waals surface area contributed by atoms with Gasteiger partial charge in [0.15, 0.2) is 5.76 Å². The highest BCUT2D eigenvalue weighted by Crippen LogP contribution is 2.54. The molecule has 0 atom stereocenters. The number of hydrogen-bond donors (Lipinski definition) is 1. The molecule has 0 aliphatic heterocycles. The molecule has 0 radical (unpaired) electrons. The summed E-state index contributed by atoms with van der Waals surface area (Å²) in [5, 5.41) is 2.54. The number of halogens is 1. The van der Waals surface area contributed by atoms with Crippen LogP contribution in [0.5, 0.6) is 0 Å². The van der Waals surface area contributed by atoms with Gasteiger partial charge in [0, 0.05) is 19.3 Å². The summed E-state index contributed by atoms with van der Waals surface area (Å²) >= 11 is 0. The second-order valence-corrected chi connectivity index (χ2v) is 8.43. The highest BCUT2D eigenvalue weighted by Gasteiger charge is 2.53. The van der Waals surface area contributed by atoms with Crippen LogP contribution in [0.4, 0.5) is 4.39 Å². The lowest BCUT2D eigenvalue weighted by Crippen LogP contribution is -2.97. The van der Waals surface area contributed by atoms with E-state index in [4.69, 9.17) is 4.42 Å². The zero-order valence-electron chi connectivity index (χ0n) is 14.0. The molecule has 0 spiro atoms. The molecule has 2 aromatic rings. The molecule has 3 heteroatoms. The summed E-state index contributed by atoms with van der Waals surface area (Å²) in [6, 6.07) is 10.7. The van der Waals surface area contributed by atoms with Gasteiger partial charge < -0.3 is 9.73 Å². The summed E-state index contributed by atoms with van der Waals surface area (Å²) < 4.78 is 19.9. The Balaban J connectivity index is 1.30. The van der Waals surface area contributed by atoms with Gasteiger partial charge in [-0.15, -0.1) is 0 Å². The molecule has 0 saturated heterocycles. The van der Waals surface area contributed by atoms with Crippen LogP contribution in [0.25, 0.3) is 11.3 Å². The maximum Gasteiger partial charge on any atom is 0.158 e. The molecule has 4 aliphatic rings. The van der Waals surface area contributed by atoms with Gasteiger partial charge in [-0.1, -0.05) is 12.1 Å². The van der Waals surface area contributed by atoms with E-state index >= 15 is 0 Å². The smallest absolute Gasteiger partial charge is 0.158 e. The standard InChI is InChI=1S/C21H24FNO/c22-19-4-2-1-3-18(19)20-6-5-17(24-20)13-23-21-10-14-7-15(11-21)9-16(8-14)12-21/h1-6,14-16,23H,7-13H2/p+1. The van der Waals surface area contributed by atoms with E-state index < -0.39 is 0 Å². The van der Waals surface area contributed by atoms with Crippen LogP contribution in [-0.4, -0.2) is 5.54 Å². The Kier molecular flexibility index (Phi) is 3.34. The number of nitrogens with two attached hydrogens (primary N) is 1. The average molecular weight is 326 g/mol. The topological polar surface area (TPSA) is 29.8 Å². The fourth-order valence-corrected chi connectivity index (χ4v) is 6.04. The molecule has 2 nitrogen and oxygen atoms in total. The second-order valence-electron chi connectivity index (χ2n) is 8.43. The van der Waals surface area contributed by atoms with Crippen molar-refractivity contribution in [3.05, 3.63) is 48.0 Å². The van der Waals surface area contributed by atoms with Crippen molar-refractivity contribution in [3.8, 4) is 11.3 Å². The lowest BCUT2D eigenvalue weighted by atomic mass is 9.53. The van der Waals surface area contributed by atoms with E-state index in [1.165, 1.54) is 44.6 Å². The molecular formula is C21H25FNO+. The molecule has 126 valence electrons. The van der Waals surface area contributed by atoms with Gasteiger partial charge in [-0.2, -0.15) is 0 Å². The summed E-state index contributed by atoms with van der Waals surface area (Å²) in [6.07, 6.45) is 8.60. The van der Waals surface area contributed by atoms with Gasteiger partial charge in [0.2, 0.25) is 0 Å². The monoisotopic (exact) mass is 326 g/mol. The number of hydrogen-bond acceptors (Lipinski definition) is 1. The van der Waals surface area contributed by atoms with Crippen molar-refractivity contribution in [2.45, 2.75) is 50.6 Å². The van der Waals surface area contributed by atoms with Crippen molar-refractivity contribution < 1.29 is 14.1 Å². The van der Waals surface area contributed by atoms with Crippen LogP contribution in [0.3, 0.4) is 0 Å². The largest absolute Gasteiger partial charge is 0.455 e. The predicted octanol–water partition coefficient (Wildman–Crippen LogP) is 4.12. The Hall–Kier alpha value is -1.61. The first-order valence-corrected chi connectivity index (χ1v) is 9.37. The van der Waals surface area contributed by atoms with Crippen molar-refractivity contribution in [2.75, 3.05) is 0 Å². The van der Waals surface area contributed by atoms with E-state index in [-0.39, 0.29) is 5.82 Å². The molecule has 0 unspecified atom stereocenters. The number of benzene rings is 1. The Morgan fingerprint density at radius 3 is 2.29 bits per heavy atom. The van der Waals surface area contributed by atoms with Crippen LogP contribution in [0, 0.1) is 23.6 Å². The summed E-state index contributed by atoms with van der Waals surface area (Å²) in [7, 11) is 0. The summed E-state index contributed by atoms with van der Waals surface area (Å²) in [5.41, 5.74) is 1.01. The quantitative estimate of drug-likeness (QED) is 0.900. The summed E-state index contributed by atoms with van der Waals surface area (Å²) in [6.45, 7) is 0.876. The average Bonchev–Trinajstić information content (AvgIpc) is 3.01. The number of furan rings is 1. The molecular weight excluding hydrogens is 301 g/mol. The molecule has 4 fully saturated rings. The predicted molar refractivity (Wildman–Crippen MR) is 90.6 cm³/mol. The molecule has 4 aliphatic carbocycles. The minimum atomic E-state index is -0.219. The number of quaternary nitrogens is 1. The lowest BCUT2D eigenvalue weighted by Gasteiger charge is -2.54. The molecule has 6 rings (SSSR count). The van der Waals surface area contributed by atoms with Crippen molar-refractivity contribution >= 4 is 0 Å². The molecule has 1 aromatic heterocycles. The Labute approximate surface area is 142 Å². The first-order valence-electron chi connectivity index (χ1n) is 9.37. The van der Waals surface area contributed by atoms with Crippen molar-refractivity contribution in [2.24, 2.45) is 17.8 Å². The molecule has 4 bridgehead atoms. The van der Waals surface area contributed by atoms with Gasteiger partial charge in [-0.3, -0.25) is 0 Å². The zero-order chi connectivity index (χ0) is 16.1. The van der Waals surface area contributed by atoms with E-state index in [1.807, 2.05) is 18.2 Å². The normalized spacial score (nSPS) is 34.0. The van der Waals surface area contributed by atoms with E-state index in [1.54, 1.807) is 12.1 Å². The van der Waals surface area contributed by atoms with Gasteiger partial charge in [-0.25, -0.2) is 4.39 Å². The van der Waals surface area contributed by atoms with Gasteiger partial charge in [-0.05, 0) is 61.3 Å². The fraction of sp³-hybridized carbons (Fsp3) is 0.524. The molecule has 24 heavy (non-hydrogen) atoms. The minimum Gasteiger partial charge on any atom is -0.455 e. The van der Waals surface area contributed by atoms with E-state index in [0.29, 0.717) is 16.9 Å². The van der Waals surface area contributed by atoms with Gasteiger partial charge in [0.05, 0.1) is 11.1 Å². The third-order valence-corrected chi connectivity index (χ3v) is 6.62. The van der Waals surface area contributed by atoms with Crippen molar-refractivity contribution in [1.82, 2.24) is 0 Å². The maximum atomic E-state index is 13.9. The molecule has 2 N–H and O–H groups in total. The van der Waals surface area contributed by atoms with E-state index in [2.05, 4.69) is 5.32 Å². The first kappa shape index (κ1) is 14.7. The summed E-state index contributed by atoms with van der Waals surface area (Å²) in [4.78, 5) is 0. The third-order valence-electron chi connectivity index (χ3n) is 6.62. The maximum absolute atomic E-state index is 13.9. The van der Waals surface area contributed by atoms with Crippen LogP contribution in [0.2, 0.25) is 0 Å². The van der Waals surface area contributed by atoms with Crippen LogP contribution < -0.4 is 5.32 Å². The van der Waals surface area contributed by atoms with Crippen LogP contribution >= 0.6 is 0 Å². The van der Waals surface area contributed by atoms with Crippen molar-refractivity contribution in [3.63, 3.8) is 0 Å². The van der Waals surface area contributed by atoms with E-state index in [9.17, 15) is 4.39 Å². The second kappa shape index (κ2) is 5.45. The van der Waals surface area contributed by atoms with Crippen LogP contribution in [0.15, 0.2) is 40.8 Å². The van der Waals surface area contributed by atoms with Gasteiger partial charge >= 0.3 is 0 Å². The Morgan fingerprint density at radius 1 is 0.958 bits per heavy atom. The molecule has 1 aromatic carbocycles. The van der Waals surface area contributed by atoms with E-state index in [0.717, 1.165) is 30.1 Å². The summed E-state index contributed by atoms with van der Waals surface area (Å²) in [5.74, 6) is 4.30. The molecule has 4 saturated carbocycles. The fourth-order valence-electron chi connectivity index (χ4n) is 6.04. The Bertz CT molecular complexity index is 715.